The quantitative estimate of drug-likeness (QED) is 0.375. The molecule has 5 rings (SSSR count). The molecule has 0 aromatic heterocycles. The van der Waals surface area contributed by atoms with E-state index in [1.807, 2.05) is 0 Å². The summed E-state index contributed by atoms with van der Waals surface area (Å²) in [4.78, 5) is 0. The molecule has 0 fully saturated rings. The summed E-state index contributed by atoms with van der Waals surface area (Å²) < 4.78 is 0. The van der Waals surface area contributed by atoms with Crippen molar-refractivity contribution >= 4 is 11.4 Å². The van der Waals surface area contributed by atoms with Crippen molar-refractivity contribution < 1.29 is 0 Å². The van der Waals surface area contributed by atoms with Crippen LogP contribution in [0.3, 0.4) is 0 Å². The van der Waals surface area contributed by atoms with E-state index in [4.69, 9.17) is 0 Å². The second kappa shape index (κ2) is 8.69. The number of para-hydroxylation sites is 1. The van der Waals surface area contributed by atoms with Gasteiger partial charge in [0.05, 0.1) is 6.04 Å². The molecule has 1 aliphatic rings. The highest BCUT2D eigenvalue weighted by Gasteiger charge is 2.37. The van der Waals surface area contributed by atoms with Gasteiger partial charge in [0, 0.05) is 23.3 Å². The molecular formula is C29H28N2. The van der Waals surface area contributed by atoms with Gasteiger partial charge in [-0.3, -0.25) is 0 Å². The lowest BCUT2D eigenvalue weighted by atomic mass is 9.76. The van der Waals surface area contributed by atoms with E-state index in [9.17, 15) is 0 Å². The zero-order valence-electron chi connectivity index (χ0n) is 17.8. The number of hydrogen-bond donors (Lipinski definition) is 2. The molecule has 1 heterocycles. The topological polar surface area (TPSA) is 24.1 Å². The van der Waals surface area contributed by atoms with Crippen molar-refractivity contribution in [3.8, 4) is 0 Å². The predicted molar refractivity (Wildman–Crippen MR) is 131 cm³/mol. The molecule has 0 saturated carbocycles. The van der Waals surface area contributed by atoms with E-state index >= 15 is 0 Å². The predicted octanol–water partition coefficient (Wildman–Crippen LogP) is 6.97. The van der Waals surface area contributed by atoms with Crippen molar-refractivity contribution in [3.63, 3.8) is 0 Å². The van der Waals surface area contributed by atoms with Gasteiger partial charge >= 0.3 is 0 Å². The Morgan fingerprint density at radius 2 is 1.45 bits per heavy atom. The summed E-state index contributed by atoms with van der Waals surface area (Å²) in [6.45, 7) is 2.15. The third kappa shape index (κ3) is 4.20. The standard InChI is InChI=1S/C29H28N2/c1-21-11-10-16-24(19-21)30-29-25-17-8-9-18-26(25)31-27(20-22-12-4-2-5-13-22)28(29)23-14-6-3-7-15-23/h2-19,27-31H,20H2,1H3/t27-,28-,29-/m0/s1. The van der Waals surface area contributed by atoms with Crippen LogP contribution in [-0.4, -0.2) is 6.04 Å². The van der Waals surface area contributed by atoms with Crippen LogP contribution in [0.15, 0.2) is 109 Å². The van der Waals surface area contributed by atoms with E-state index in [0.717, 1.165) is 6.42 Å². The van der Waals surface area contributed by atoms with Crippen LogP contribution < -0.4 is 10.6 Å². The summed E-state index contributed by atoms with van der Waals surface area (Å²) in [5, 5.41) is 7.78. The van der Waals surface area contributed by atoms with Gasteiger partial charge in [0.2, 0.25) is 0 Å². The molecule has 31 heavy (non-hydrogen) atoms. The molecule has 3 atom stereocenters. The van der Waals surface area contributed by atoms with Crippen molar-refractivity contribution in [3.05, 3.63) is 131 Å². The maximum absolute atomic E-state index is 3.90. The molecule has 0 radical (unpaired) electrons. The summed E-state index contributed by atoms with van der Waals surface area (Å²) in [6.07, 6.45) is 0.973. The van der Waals surface area contributed by atoms with Crippen molar-refractivity contribution in [1.82, 2.24) is 0 Å². The van der Waals surface area contributed by atoms with Crippen molar-refractivity contribution in [2.75, 3.05) is 10.6 Å². The molecule has 0 aliphatic carbocycles. The third-order valence-electron chi connectivity index (χ3n) is 6.25. The first-order valence-electron chi connectivity index (χ1n) is 11.1. The third-order valence-corrected chi connectivity index (χ3v) is 6.25. The summed E-state index contributed by atoms with van der Waals surface area (Å²) in [5.41, 5.74) is 7.69. The Kier molecular flexibility index (Phi) is 5.45. The number of nitrogens with one attached hydrogen (secondary N) is 2. The smallest absolute Gasteiger partial charge is 0.0622 e. The van der Waals surface area contributed by atoms with Gasteiger partial charge in [-0.25, -0.2) is 0 Å². The van der Waals surface area contributed by atoms with E-state index in [0.29, 0.717) is 0 Å². The molecule has 0 bridgehead atoms. The van der Waals surface area contributed by atoms with Gasteiger partial charge in [-0.05, 0) is 53.8 Å². The number of rotatable bonds is 5. The minimum atomic E-state index is 0.176. The minimum absolute atomic E-state index is 0.176. The van der Waals surface area contributed by atoms with Gasteiger partial charge in [0.25, 0.3) is 0 Å². The van der Waals surface area contributed by atoms with Crippen LogP contribution in [0, 0.1) is 6.92 Å². The van der Waals surface area contributed by atoms with Crippen LogP contribution in [0.25, 0.3) is 0 Å². The van der Waals surface area contributed by atoms with Crippen molar-refractivity contribution in [2.45, 2.75) is 31.3 Å². The van der Waals surface area contributed by atoms with Crippen LogP contribution in [0.1, 0.15) is 34.2 Å². The van der Waals surface area contributed by atoms with Gasteiger partial charge < -0.3 is 10.6 Å². The SMILES string of the molecule is Cc1cccc(N[C@H]2c3ccccc3N[C@@H](Cc3ccccc3)[C@@H]2c2ccccc2)c1. The first kappa shape index (κ1) is 19.4. The largest absolute Gasteiger partial charge is 0.381 e. The Bertz CT molecular complexity index is 1140. The zero-order valence-corrected chi connectivity index (χ0v) is 17.8. The summed E-state index contributed by atoms with van der Waals surface area (Å²) in [5.74, 6) is 0.289. The monoisotopic (exact) mass is 404 g/mol. The molecular weight excluding hydrogens is 376 g/mol. The summed E-state index contributed by atoms with van der Waals surface area (Å²) >= 11 is 0. The fourth-order valence-electron chi connectivity index (χ4n) is 4.84. The number of aryl methyl sites for hydroxylation is 1. The van der Waals surface area contributed by atoms with E-state index in [1.54, 1.807) is 0 Å². The van der Waals surface area contributed by atoms with E-state index in [2.05, 4.69) is 127 Å². The number of anilines is 2. The molecule has 4 aromatic rings. The Labute approximate surface area is 185 Å². The molecule has 154 valence electrons. The molecule has 4 aromatic carbocycles. The molecule has 2 heteroatoms. The molecule has 0 spiro atoms. The maximum Gasteiger partial charge on any atom is 0.0622 e. The minimum Gasteiger partial charge on any atom is -0.381 e. The van der Waals surface area contributed by atoms with Crippen LogP contribution in [-0.2, 0) is 6.42 Å². The summed E-state index contributed by atoms with van der Waals surface area (Å²) in [7, 11) is 0. The highest BCUT2D eigenvalue weighted by molar-refractivity contribution is 5.61. The van der Waals surface area contributed by atoms with Gasteiger partial charge in [-0.1, -0.05) is 91.0 Å². The highest BCUT2D eigenvalue weighted by Crippen LogP contribution is 2.45. The maximum atomic E-state index is 3.90. The molecule has 2 nitrogen and oxygen atoms in total. The fourth-order valence-corrected chi connectivity index (χ4v) is 4.84. The lowest BCUT2D eigenvalue weighted by Gasteiger charge is -2.42. The average molecular weight is 405 g/mol. The zero-order chi connectivity index (χ0) is 21.0. The van der Waals surface area contributed by atoms with Gasteiger partial charge in [-0.15, -0.1) is 0 Å². The average Bonchev–Trinajstić information content (AvgIpc) is 2.80. The molecule has 2 N–H and O–H groups in total. The first-order chi connectivity index (χ1) is 15.3. The van der Waals surface area contributed by atoms with Gasteiger partial charge in [0.15, 0.2) is 0 Å². The Morgan fingerprint density at radius 3 is 2.23 bits per heavy atom. The Morgan fingerprint density at radius 1 is 0.742 bits per heavy atom. The fraction of sp³-hybridized carbons (Fsp3) is 0.172. The number of benzene rings is 4. The first-order valence-corrected chi connectivity index (χ1v) is 11.1. The van der Waals surface area contributed by atoms with E-state index in [1.165, 1.54) is 33.6 Å². The second-order valence-corrected chi connectivity index (χ2v) is 8.46. The van der Waals surface area contributed by atoms with Crippen molar-refractivity contribution in [1.29, 1.82) is 0 Å². The molecule has 0 amide bonds. The molecule has 1 aliphatic heterocycles. The van der Waals surface area contributed by atoms with Crippen LogP contribution in [0.2, 0.25) is 0 Å². The van der Waals surface area contributed by atoms with E-state index in [-0.39, 0.29) is 18.0 Å². The Hall–Kier alpha value is -3.52. The van der Waals surface area contributed by atoms with Crippen LogP contribution in [0.5, 0.6) is 0 Å². The van der Waals surface area contributed by atoms with Crippen LogP contribution >= 0.6 is 0 Å². The highest BCUT2D eigenvalue weighted by atomic mass is 15.0. The van der Waals surface area contributed by atoms with Gasteiger partial charge in [-0.2, -0.15) is 0 Å². The number of fused-ring (bicyclic) bond motifs is 1. The second-order valence-electron chi connectivity index (χ2n) is 8.46. The van der Waals surface area contributed by atoms with Crippen molar-refractivity contribution in [2.24, 2.45) is 0 Å². The summed E-state index contributed by atoms with van der Waals surface area (Å²) in [6, 6.07) is 39.6. The molecule has 0 saturated heterocycles. The molecule has 0 unspecified atom stereocenters. The van der Waals surface area contributed by atoms with Gasteiger partial charge in [0.1, 0.15) is 0 Å². The van der Waals surface area contributed by atoms with Crippen LogP contribution in [0.4, 0.5) is 11.4 Å². The normalized spacial score (nSPS) is 19.8. The Balaban J connectivity index is 1.60. The number of hydrogen-bond acceptors (Lipinski definition) is 2. The van der Waals surface area contributed by atoms with E-state index < -0.39 is 0 Å². The lowest BCUT2D eigenvalue weighted by Crippen LogP contribution is -2.40. The lowest BCUT2D eigenvalue weighted by molar-refractivity contribution is 0.479.